The van der Waals surface area contributed by atoms with E-state index in [9.17, 15) is 13.2 Å². The number of hydrogen-bond acceptors (Lipinski definition) is 5. The van der Waals surface area contributed by atoms with Gasteiger partial charge >= 0.3 is 5.97 Å². The molecule has 7 heteroatoms. The van der Waals surface area contributed by atoms with Crippen LogP contribution < -0.4 is 0 Å². The lowest BCUT2D eigenvalue weighted by molar-refractivity contribution is 0.0593. The smallest absolute Gasteiger partial charge is 0.355 e. The highest BCUT2D eigenvalue weighted by Gasteiger charge is 2.26. The van der Waals surface area contributed by atoms with Crippen molar-refractivity contribution in [2.24, 2.45) is 0 Å². The minimum absolute atomic E-state index is 0.0592. The number of carbonyl (C=O) groups is 1. The number of carbonyl (C=O) groups excluding carboxylic acids is 1. The van der Waals surface area contributed by atoms with Crippen molar-refractivity contribution in [2.45, 2.75) is 11.8 Å². The molecule has 3 aromatic rings. The first-order valence-electron chi connectivity index (χ1n) is 6.81. The van der Waals surface area contributed by atoms with Crippen LogP contribution in [0.2, 0.25) is 0 Å². The number of methoxy groups -OCH3 is 1. The van der Waals surface area contributed by atoms with Gasteiger partial charge in [0.05, 0.1) is 17.5 Å². The molecule has 2 heterocycles. The van der Waals surface area contributed by atoms with E-state index in [-0.39, 0.29) is 10.6 Å². The van der Waals surface area contributed by atoms with Crippen LogP contribution >= 0.6 is 0 Å². The summed E-state index contributed by atoms with van der Waals surface area (Å²) in [5, 5.41) is 0.545. The maximum Gasteiger partial charge on any atom is 0.355 e. The molecule has 3 rings (SSSR count). The molecule has 0 spiro atoms. The molecule has 23 heavy (non-hydrogen) atoms. The van der Waals surface area contributed by atoms with E-state index in [1.807, 2.05) is 6.92 Å². The molecule has 0 aliphatic rings. The third-order valence-corrected chi connectivity index (χ3v) is 5.25. The number of hydrogen-bond donors (Lipinski definition) is 0. The van der Waals surface area contributed by atoms with Crippen molar-refractivity contribution in [1.29, 1.82) is 0 Å². The number of nitrogens with zero attached hydrogens (tertiary/aromatic N) is 2. The summed E-state index contributed by atoms with van der Waals surface area (Å²) in [6.45, 7) is 1.87. The molecule has 0 saturated carbocycles. The number of aromatic nitrogens is 2. The van der Waals surface area contributed by atoms with Gasteiger partial charge in [0.1, 0.15) is 5.69 Å². The number of rotatable bonds is 3. The van der Waals surface area contributed by atoms with E-state index in [1.165, 1.54) is 37.7 Å². The van der Waals surface area contributed by atoms with Crippen molar-refractivity contribution < 1.29 is 17.9 Å². The highest BCUT2D eigenvalue weighted by molar-refractivity contribution is 7.90. The van der Waals surface area contributed by atoms with E-state index in [2.05, 4.69) is 4.98 Å². The van der Waals surface area contributed by atoms with Gasteiger partial charge in [-0.05, 0) is 31.2 Å². The van der Waals surface area contributed by atoms with Gasteiger partial charge in [-0.1, -0.05) is 17.7 Å². The predicted octanol–water partition coefficient (Wildman–Crippen LogP) is 2.37. The zero-order valence-electron chi connectivity index (χ0n) is 12.6. The Hall–Kier alpha value is -2.67. The molecule has 0 amide bonds. The van der Waals surface area contributed by atoms with E-state index < -0.39 is 16.0 Å². The van der Waals surface area contributed by atoms with Crippen LogP contribution in [0.4, 0.5) is 0 Å². The SMILES string of the molecule is COC(=O)c1cc2cnccc2n1S(=O)(=O)c1ccc(C)cc1. The van der Waals surface area contributed by atoms with Crippen molar-refractivity contribution in [2.75, 3.05) is 7.11 Å². The fourth-order valence-electron chi connectivity index (χ4n) is 2.35. The van der Waals surface area contributed by atoms with Crippen molar-refractivity contribution in [3.05, 3.63) is 60.0 Å². The minimum atomic E-state index is -3.94. The molecule has 0 N–H and O–H groups in total. The average Bonchev–Trinajstić information content (AvgIpc) is 2.94. The minimum Gasteiger partial charge on any atom is -0.464 e. The highest BCUT2D eigenvalue weighted by atomic mass is 32.2. The molecule has 0 atom stereocenters. The van der Waals surface area contributed by atoms with Crippen LogP contribution in [0.3, 0.4) is 0 Å². The number of aryl methyl sites for hydroxylation is 1. The van der Waals surface area contributed by atoms with Crippen LogP contribution in [0.5, 0.6) is 0 Å². The second kappa shape index (κ2) is 5.51. The largest absolute Gasteiger partial charge is 0.464 e. The van der Waals surface area contributed by atoms with Gasteiger partial charge in [-0.3, -0.25) is 4.98 Å². The normalized spacial score (nSPS) is 11.6. The van der Waals surface area contributed by atoms with Crippen molar-refractivity contribution >= 4 is 26.9 Å². The Balaban J connectivity index is 2.33. The van der Waals surface area contributed by atoms with Crippen LogP contribution in [0.25, 0.3) is 10.9 Å². The van der Waals surface area contributed by atoms with Crippen molar-refractivity contribution in [1.82, 2.24) is 8.96 Å². The number of benzene rings is 1. The lowest BCUT2D eigenvalue weighted by Crippen LogP contribution is -2.19. The predicted molar refractivity (Wildman–Crippen MR) is 84.8 cm³/mol. The third-order valence-electron chi connectivity index (χ3n) is 3.51. The second-order valence-corrected chi connectivity index (χ2v) is 6.82. The second-order valence-electron chi connectivity index (χ2n) is 5.04. The van der Waals surface area contributed by atoms with Crippen LogP contribution in [-0.4, -0.2) is 30.5 Å². The van der Waals surface area contributed by atoms with E-state index in [0.717, 1.165) is 9.54 Å². The van der Waals surface area contributed by atoms with Crippen molar-refractivity contribution in [3.8, 4) is 0 Å². The molecule has 0 saturated heterocycles. The number of esters is 1. The van der Waals surface area contributed by atoms with Crippen LogP contribution in [0.1, 0.15) is 16.1 Å². The van der Waals surface area contributed by atoms with Gasteiger partial charge < -0.3 is 4.74 Å². The summed E-state index contributed by atoms with van der Waals surface area (Å²) in [5.41, 5.74) is 1.26. The van der Waals surface area contributed by atoms with Gasteiger partial charge in [-0.15, -0.1) is 0 Å². The maximum atomic E-state index is 13.0. The maximum absolute atomic E-state index is 13.0. The first kappa shape index (κ1) is 15.2. The van der Waals surface area contributed by atoms with Crippen LogP contribution in [0, 0.1) is 6.92 Å². The molecular weight excluding hydrogens is 316 g/mol. The summed E-state index contributed by atoms with van der Waals surface area (Å²) < 4.78 is 31.7. The molecule has 2 aromatic heterocycles. The molecule has 0 aliphatic heterocycles. The molecular formula is C16H14N2O4S. The van der Waals surface area contributed by atoms with Crippen LogP contribution in [-0.2, 0) is 14.8 Å². The number of ether oxygens (including phenoxy) is 1. The molecule has 0 radical (unpaired) electrons. The molecule has 0 aliphatic carbocycles. The van der Waals surface area contributed by atoms with E-state index in [1.54, 1.807) is 18.2 Å². The number of pyridine rings is 1. The quantitative estimate of drug-likeness (QED) is 0.689. The van der Waals surface area contributed by atoms with Gasteiger partial charge in [-0.2, -0.15) is 0 Å². The summed E-state index contributed by atoms with van der Waals surface area (Å²) >= 11 is 0. The summed E-state index contributed by atoms with van der Waals surface area (Å²) in [6, 6.07) is 9.45. The highest BCUT2D eigenvalue weighted by Crippen LogP contribution is 2.25. The van der Waals surface area contributed by atoms with Crippen LogP contribution in [0.15, 0.2) is 53.7 Å². The molecule has 0 fully saturated rings. The average molecular weight is 330 g/mol. The first-order chi connectivity index (χ1) is 10.9. The van der Waals surface area contributed by atoms with E-state index >= 15 is 0 Å². The van der Waals surface area contributed by atoms with Gasteiger partial charge in [0, 0.05) is 17.8 Å². The fourth-order valence-corrected chi connectivity index (χ4v) is 3.85. The first-order valence-corrected chi connectivity index (χ1v) is 8.25. The standard InChI is InChI=1S/C16H14N2O4S/c1-11-3-5-13(6-4-11)23(20,21)18-14-7-8-17-10-12(14)9-15(18)16(19)22-2/h3-10H,1-2H3. The Morgan fingerprint density at radius 2 is 1.87 bits per heavy atom. The molecule has 0 unspecified atom stereocenters. The molecule has 1 aromatic carbocycles. The molecule has 6 nitrogen and oxygen atoms in total. The monoisotopic (exact) mass is 330 g/mol. The van der Waals surface area contributed by atoms with E-state index in [0.29, 0.717) is 10.9 Å². The summed E-state index contributed by atoms with van der Waals surface area (Å²) in [4.78, 5) is 16.1. The Kier molecular flexibility index (Phi) is 3.65. The lowest BCUT2D eigenvalue weighted by Gasteiger charge is -2.11. The Bertz CT molecular complexity index is 989. The van der Waals surface area contributed by atoms with Gasteiger partial charge in [-0.25, -0.2) is 17.2 Å². The topological polar surface area (TPSA) is 78.3 Å². The van der Waals surface area contributed by atoms with Gasteiger partial charge in [0.2, 0.25) is 0 Å². The van der Waals surface area contributed by atoms with E-state index in [4.69, 9.17) is 4.74 Å². The third kappa shape index (κ3) is 2.49. The summed E-state index contributed by atoms with van der Waals surface area (Å²) in [5.74, 6) is -0.725. The molecule has 118 valence electrons. The van der Waals surface area contributed by atoms with Crippen molar-refractivity contribution in [3.63, 3.8) is 0 Å². The van der Waals surface area contributed by atoms with Gasteiger partial charge in [0.25, 0.3) is 10.0 Å². The molecule has 0 bridgehead atoms. The number of fused-ring (bicyclic) bond motifs is 1. The zero-order valence-corrected chi connectivity index (χ0v) is 13.4. The lowest BCUT2D eigenvalue weighted by atomic mass is 10.2. The summed E-state index contributed by atoms with van der Waals surface area (Å²) in [6.07, 6.45) is 2.98. The Morgan fingerprint density at radius 1 is 1.17 bits per heavy atom. The zero-order chi connectivity index (χ0) is 16.6. The van der Waals surface area contributed by atoms with Gasteiger partial charge in [0.15, 0.2) is 0 Å². The fraction of sp³-hybridized carbons (Fsp3) is 0.125. The Labute approximate surface area is 133 Å². The Morgan fingerprint density at radius 3 is 2.52 bits per heavy atom. The summed E-state index contributed by atoms with van der Waals surface area (Å²) in [7, 11) is -2.73.